The summed E-state index contributed by atoms with van der Waals surface area (Å²) < 4.78 is 12.8. The minimum atomic E-state index is 0.501. The zero-order valence-electron chi connectivity index (χ0n) is 18.0. The lowest BCUT2D eigenvalue weighted by atomic mass is 10.0. The minimum Gasteiger partial charge on any atom is -0.496 e. The molecule has 1 aliphatic heterocycles. The molecule has 1 aromatic carbocycles. The van der Waals surface area contributed by atoms with Gasteiger partial charge in [-0.1, -0.05) is 23.2 Å². The maximum Gasteiger partial charge on any atom is 0.165 e. The number of aryl methyl sites for hydroxylation is 2. The predicted octanol–water partition coefficient (Wildman–Crippen LogP) is 4.51. The van der Waals surface area contributed by atoms with E-state index in [4.69, 9.17) is 42.8 Å². The van der Waals surface area contributed by atoms with E-state index >= 15 is 0 Å². The fraction of sp³-hybridized carbons (Fsp3) is 0.455. The molecule has 166 valence electrons. The average molecular weight is 464 g/mol. The second kappa shape index (κ2) is 9.61. The smallest absolute Gasteiger partial charge is 0.165 e. The van der Waals surface area contributed by atoms with Crippen molar-refractivity contribution in [2.24, 2.45) is 0 Å². The van der Waals surface area contributed by atoms with Gasteiger partial charge in [-0.25, -0.2) is 4.98 Å². The largest absolute Gasteiger partial charge is 0.496 e. The van der Waals surface area contributed by atoms with Gasteiger partial charge in [-0.3, -0.25) is 0 Å². The first-order valence-corrected chi connectivity index (χ1v) is 11.2. The number of ether oxygens (including phenoxy) is 2. The van der Waals surface area contributed by atoms with E-state index < -0.39 is 0 Å². The lowest BCUT2D eigenvalue weighted by Crippen LogP contribution is -2.37. The predicted molar refractivity (Wildman–Crippen MR) is 125 cm³/mol. The number of anilines is 1. The van der Waals surface area contributed by atoms with E-state index in [9.17, 15) is 0 Å². The van der Waals surface area contributed by atoms with E-state index in [1.165, 1.54) is 0 Å². The van der Waals surface area contributed by atoms with Gasteiger partial charge in [0.05, 0.1) is 23.4 Å². The summed E-state index contributed by atoms with van der Waals surface area (Å²) in [6.45, 7) is 7.22. The highest BCUT2D eigenvalue weighted by molar-refractivity contribution is 6.37. The standard InChI is InChI=1S/C22H27Cl2N5O2/c1-13-10-19(26-7-6-25-16-4-8-31-9-5-16)29-22(27-13)20(14(2)28-29)21-17(24)11-15(23)12-18(21)30-3/h10-12,16,25-26H,4-9H2,1-3H3. The van der Waals surface area contributed by atoms with Gasteiger partial charge >= 0.3 is 0 Å². The molecule has 0 spiro atoms. The first-order valence-electron chi connectivity index (χ1n) is 10.4. The van der Waals surface area contributed by atoms with E-state index in [-0.39, 0.29) is 0 Å². The van der Waals surface area contributed by atoms with Gasteiger partial charge in [-0.05, 0) is 38.8 Å². The molecular formula is C22H27Cl2N5O2. The molecule has 0 amide bonds. The van der Waals surface area contributed by atoms with Gasteiger partial charge in [0.1, 0.15) is 11.6 Å². The van der Waals surface area contributed by atoms with E-state index in [0.717, 1.165) is 73.1 Å². The number of fused-ring (bicyclic) bond motifs is 1. The Morgan fingerprint density at radius 1 is 1.13 bits per heavy atom. The number of hydrogen-bond acceptors (Lipinski definition) is 6. The number of hydrogen-bond donors (Lipinski definition) is 2. The van der Waals surface area contributed by atoms with Crippen molar-refractivity contribution in [3.8, 4) is 16.9 Å². The zero-order chi connectivity index (χ0) is 22.0. The maximum absolute atomic E-state index is 6.57. The van der Waals surface area contributed by atoms with Gasteiger partial charge in [0.2, 0.25) is 0 Å². The summed E-state index contributed by atoms with van der Waals surface area (Å²) in [5.41, 5.74) is 4.00. The van der Waals surface area contributed by atoms with Crippen molar-refractivity contribution in [3.05, 3.63) is 39.6 Å². The molecule has 9 heteroatoms. The highest BCUT2D eigenvalue weighted by Crippen LogP contribution is 2.42. The fourth-order valence-electron chi connectivity index (χ4n) is 3.99. The van der Waals surface area contributed by atoms with Crippen LogP contribution >= 0.6 is 23.2 Å². The first-order chi connectivity index (χ1) is 15.0. The Morgan fingerprint density at radius 2 is 1.90 bits per heavy atom. The van der Waals surface area contributed by atoms with Gasteiger partial charge in [-0.15, -0.1) is 0 Å². The van der Waals surface area contributed by atoms with E-state index in [0.29, 0.717) is 21.8 Å². The molecule has 4 rings (SSSR count). The highest BCUT2D eigenvalue weighted by atomic mass is 35.5. The molecule has 0 radical (unpaired) electrons. The van der Waals surface area contributed by atoms with Gasteiger partial charge in [-0.2, -0.15) is 9.61 Å². The number of aromatic nitrogens is 3. The van der Waals surface area contributed by atoms with Crippen LogP contribution in [0.2, 0.25) is 10.0 Å². The van der Waals surface area contributed by atoms with Crippen molar-refractivity contribution < 1.29 is 9.47 Å². The first kappa shape index (κ1) is 22.1. The van der Waals surface area contributed by atoms with Crippen LogP contribution in [-0.4, -0.2) is 54.1 Å². The fourth-order valence-corrected chi connectivity index (χ4v) is 4.55. The summed E-state index contributed by atoms with van der Waals surface area (Å²) >= 11 is 12.7. The summed E-state index contributed by atoms with van der Waals surface area (Å²) in [5.74, 6) is 1.48. The third kappa shape index (κ3) is 4.75. The van der Waals surface area contributed by atoms with E-state index in [2.05, 4.69) is 10.6 Å². The van der Waals surface area contributed by atoms with Gasteiger partial charge < -0.3 is 20.1 Å². The SMILES string of the molecule is COc1cc(Cl)cc(Cl)c1-c1c(C)nn2c(NCCNC3CCOCC3)cc(C)nc12. The Morgan fingerprint density at radius 3 is 2.65 bits per heavy atom. The quantitative estimate of drug-likeness (QED) is 0.502. The van der Waals surface area contributed by atoms with Crippen LogP contribution in [0.1, 0.15) is 24.2 Å². The number of nitrogens with zero attached hydrogens (tertiary/aromatic N) is 3. The lowest BCUT2D eigenvalue weighted by molar-refractivity contribution is 0.0784. The summed E-state index contributed by atoms with van der Waals surface area (Å²) in [6, 6.07) is 5.98. The summed E-state index contributed by atoms with van der Waals surface area (Å²) in [4.78, 5) is 4.76. The van der Waals surface area contributed by atoms with Crippen LogP contribution in [0, 0.1) is 13.8 Å². The van der Waals surface area contributed by atoms with Gasteiger partial charge in [0.25, 0.3) is 0 Å². The molecule has 2 N–H and O–H groups in total. The Labute approximate surface area is 192 Å². The summed E-state index contributed by atoms with van der Waals surface area (Å²) in [6.07, 6.45) is 2.12. The molecule has 0 saturated carbocycles. The number of rotatable bonds is 7. The zero-order valence-corrected chi connectivity index (χ0v) is 19.5. The van der Waals surface area contributed by atoms with Crippen LogP contribution in [0.15, 0.2) is 18.2 Å². The molecular weight excluding hydrogens is 437 g/mol. The van der Waals surface area contributed by atoms with Gasteiger partial charge in [0, 0.05) is 54.7 Å². The van der Waals surface area contributed by atoms with Crippen LogP contribution in [0.5, 0.6) is 5.75 Å². The van der Waals surface area contributed by atoms with Crippen LogP contribution in [0.25, 0.3) is 16.8 Å². The highest BCUT2D eigenvalue weighted by Gasteiger charge is 2.22. The topological polar surface area (TPSA) is 72.7 Å². The van der Waals surface area contributed by atoms with Gasteiger partial charge in [0.15, 0.2) is 5.65 Å². The second-order valence-corrected chi connectivity index (χ2v) is 8.55. The molecule has 0 unspecified atom stereocenters. The van der Waals surface area contributed by atoms with Crippen molar-refractivity contribution in [2.75, 3.05) is 38.7 Å². The van der Waals surface area contributed by atoms with E-state index in [1.54, 1.807) is 19.2 Å². The molecule has 31 heavy (non-hydrogen) atoms. The van der Waals surface area contributed by atoms with Crippen LogP contribution in [0.4, 0.5) is 5.82 Å². The van der Waals surface area contributed by atoms with Crippen molar-refractivity contribution in [3.63, 3.8) is 0 Å². The van der Waals surface area contributed by atoms with Crippen LogP contribution in [-0.2, 0) is 4.74 Å². The Kier molecular flexibility index (Phi) is 6.86. The second-order valence-electron chi connectivity index (χ2n) is 7.71. The Hall–Kier alpha value is -2.06. The molecule has 3 heterocycles. The van der Waals surface area contributed by atoms with E-state index in [1.807, 2.05) is 24.4 Å². The molecule has 0 bridgehead atoms. The van der Waals surface area contributed by atoms with Crippen molar-refractivity contribution >= 4 is 34.7 Å². The molecule has 7 nitrogen and oxygen atoms in total. The monoisotopic (exact) mass is 463 g/mol. The molecule has 1 saturated heterocycles. The van der Waals surface area contributed by atoms with Crippen molar-refractivity contribution in [2.45, 2.75) is 32.7 Å². The van der Waals surface area contributed by atoms with Crippen molar-refractivity contribution in [1.29, 1.82) is 0 Å². The minimum absolute atomic E-state index is 0.501. The normalized spacial score (nSPS) is 14.9. The van der Waals surface area contributed by atoms with Crippen molar-refractivity contribution in [1.82, 2.24) is 19.9 Å². The van der Waals surface area contributed by atoms with Crippen LogP contribution < -0.4 is 15.4 Å². The number of halogens is 2. The number of methoxy groups -OCH3 is 1. The number of nitrogens with one attached hydrogen (secondary N) is 2. The Balaban J connectivity index is 1.63. The third-order valence-electron chi connectivity index (χ3n) is 5.47. The molecule has 1 fully saturated rings. The molecule has 0 atom stereocenters. The lowest BCUT2D eigenvalue weighted by Gasteiger charge is -2.23. The molecule has 1 aliphatic rings. The van der Waals surface area contributed by atoms with Crippen LogP contribution in [0.3, 0.4) is 0 Å². The molecule has 3 aromatic rings. The number of benzene rings is 1. The molecule has 0 aliphatic carbocycles. The third-order valence-corrected chi connectivity index (χ3v) is 5.98. The summed E-state index contributed by atoms with van der Waals surface area (Å²) in [7, 11) is 1.60. The maximum atomic E-state index is 6.57. The molecule has 2 aromatic heterocycles. The average Bonchev–Trinajstić information content (AvgIpc) is 3.07. The Bertz CT molecular complexity index is 1080. The summed E-state index contributed by atoms with van der Waals surface area (Å²) in [5, 5.41) is 12.8.